The molecule has 2 amide bonds. The van der Waals surface area contributed by atoms with Crippen molar-refractivity contribution in [3.8, 4) is 0 Å². The summed E-state index contributed by atoms with van der Waals surface area (Å²) in [5.74, 6) is -0.113. The Hall–Kier alpha value is -2.82. The maximum atomic E-state index is 12.5. The largest absolute Gasteiger partial charge is 0.376 e. The summed E-state index contributed by atoms with van der Waals surface area (Å²) < 4.78 is 0. The van der Waals surface area contributed by atoms with Crippen LogP contribution in [-0.2, 0) is 17.6 Å². The molecular formula is C25H31N3O2. The van der Waals surface area contributed by atoms with Gasteiger partial charge in [-0.15, -0.1) is 0 Å². The SMILES string of the molecule is Cc1ccc(C(=O)NC2CC2)cc1NCC(=O)NC(C)c1ccc2c(c1)CCCC2. The quantitative estimate of drug-likeness (QED) is 0.651. The lowest BCUT2D eigenvalue weighted by molar-refractivity contribution is -0.120. The van der Waals surface area contributed by atoms with Crippen molar-refractivity contribution in [2.75, 3.05) is 11.9 Å². The number of carbonyl (C=O) groups excluding carboxylic acids is 2. The molecule has 1 unspecified atom stereocenters. The topological polar surface area (TPSA) is 70.2 Å². The summed E-state index contributed by atoms with van der Waals surface area (Å²) in [6, 6.07) is 12.5. The predicted octanol–water partition coefficient (Wildman–Crippen LogP) is 4.06. The van der Waals surface area contributed by atoms with E-state index in [1.807, 2.05) is 32.0 Å². The van der Waals surface area contributed by atoms with Crippen LogP contribution in [0, 0.1) is 6.92 Å². The number of hydrogen-bond acceptors (Lipinski definition) is 3. The fourth-order valence-electron chi connectivity index (χ4n) is 4.02. The van der Waals surface area contributed by atoms with Gasteiger partial charge in [0.15, 0.2) is 0 Å². The fraction of sp³-hybridized carbons (Fsp3) is 0.440. The van der Waals surface area contributed by atoms with Gasteiger partial charge in [-0.2, -0.15) is 0 Å². The van der Waals surface area contributed by atoms with E-state index in [9.17, 15) is 9.59 Å². The van der Waals surface area contributed by atoms with Gasteiger partial charge in [0, 0.05) is 17.3 Å². The molecule has 1 fully saturated rings. The highest BCUT2D eigenvalue weighted by atomic mass is 16.2. The summed E-state index contributed by atoms with van der Waals surface area (Å²) in [6.07, 6.45) is 6.94. The number of amides is 2. The van der Waals surface area contributed by atoms with E-state index < -0.39 is 0 Å². The number of rotatable bonds is 7. The fourth-order valence-corrected chi connectivity index (χ4v) is 4.02. The number of aryl methyl sites for hydroxylation is 3. The van der Waals surface area contributed by atoms with Gasteiger partial charge in [0.2, 0.25) is 5.91 Å². The second kappa shape index (κ2) is 8.90. The molecule has 2 aromatic carbocycles. The molecule has 5 nitrogen and oxygen atoms in total. The number of hydrogen-bond donors (Lipinski definition) is 3. The molecule has 1 atom stereocenters. The van der Waals surface area contributed by atoms with Crippen LogP contribution in [0.15, 0.2) is 36.4 Å². The molecule has 0 saturated heterocycles. The molecule has 5 heteroatoms. The van der Waals surface area contributed by atoms with E-state index in [2.05, 4.69) is 34.1 Å². The number of nitrogens with one attached hydrogen (secondary N) is 3. The molecule has 0 aliphatic heterocycles. The lowest BCUT2D eigenvalue weighted by Gasteiger charge is -2.20. The van der Waals surface area contributed by atoms with Gasteiger partial charge in [-0.25, -0.2) is 0 Å². The second-order valence-corrected chi connectivity index (χ2v) is 8.66. The minimum Gasteiger partial charge on any atom is -0.376 e. The Balaban J connectivity index is 1.33. The Morgan fingerprint density at radius 3 is 2.57 bits per heavy atom. The van der Waals surface area contributed by atoms with Crippen LogP contribution in [0.3, 0.4) is 0 Å². The van der Waals surface area contributed by atoms with Gasteiger partial charge in [-0.1, -0.05) is 24.3 Å². The van der Waals surface area contributed by atoms with Gasteiger partial charge in [0.05, 0.1) is 12.6 Å². The first-order chi connectivity index (χ1) is 14.5. The smallest absolute Gasteiger partial charge is 0.251 e. The average Bonchev–Trinajstić information content (AvgIpc) is 3.56. The second-order valence-electron chi connectivity index (χ2n) is 8.66. The molecule has 4 rings (SSSR count). The van der Waals surface area contributed by atoms with Crippen molar-refractivity contribution in [2.24, 2.45) is 0 Å². The molecule has 2 aliphatic rings. The molecule has 2 aromatic rings. The first-order valence-electron chi connectivity index (χ1n) is 11.1. The van der Waals surface area contributed by atoms with E-state index in [0.717, 1.165) is 42.5 Å². The van der Waals surface area contributed by atoms with Crippen LogP contribution in [0.25, 0.3) is 0 Å². The van der Waals surface area contributed by atoms with Gasteiger partial charge in [-0.3, -0.25) is 9.59 Å². The Bertz CT molecular complexity index is 949. The van der Waals surface area contributed by atoms with Crippen molar-refractivity contribution in [1.82, 2.24) is 10.6 Å². The summed E-state index contributed by atoms with van der Waals surface area (Å²) in [5.41, 5.74) is 6.47. The van der Waals surface area contributed by atoms with Crippen LogP contribution >= 0.6 is 0 Å². The molecule has 0 spiro atoms. The van der Waals surface area contributed by atoms with Crippen LogP contribution in [0.5, 0.6) is 0 Å². The van der Waals surface area contributed by atoms with Crippen molar-refractivity contribution in [3.63, 3.8) is 0 Å². The maximum absolute atomic E-state index is 12.5. The molecule has 3 N–H and O–H groups in total. The standard InChI is InChI=1S/C25H31N3O2/c1-16-7-8-21(25(30)28-22-11-12-22)14-23(16)26-15-24(29)27-17(2)19-10-9-18-5-3-4-6-20(18)13-19/h7-10,13-14,17,22,26H,3-6,11-12,15H2,1-2H3,(H,27,29)(H,28,30). The van der Waals surface area contributed by atoms with Gasteiger partial charge < -0.3 is 16.0 Å². The Kier molecular flexibility index (Phi) is 6.07. The highest BCUT2D eigenvalue weighted by molar-refractivity contribution is 5.96. The molecule has 0 aromatic heterocycles. The Labute approximate surface area is 178 Å². The number of fused-ring (bicyclic) bond motifs is 1. The molecule has 0 radical (unpaired) electrons. The van der Waals surface area contributed by atoms with Gasteiger partial charge >= 0.3 is 0 Å². The lowest BCUT2D eigenvalue weighted by atomic mass is 9.89. The van der Waals surface area contributed by atoms with Crippen molar-refractivity contribution < 1.29 is 9.59 Å². The van der Waals surface area contributed by atoms with E-state index in [1.165, 1.54) is 24.0 Å². The van der Waals surface area contributed by atoms with Crippen LogP contribution in [0.4, 0.5) is 5.69 Å². The highest BCUT2D eigenvalue weighted by Gasteiger charge is 2.24. The third kappa shape index (κ3) is 5.02. The molecule has 30 heavy (non-hydrogen) atoms. The number of benzene rings is 2. The van der Waals surface area contributed by atoms with Gasteiger partial charge in [0.1, 0.15) is 0 Å². The molecule has 1 saturated carbocycles. The number of carbonyl (C=O) groups is 2. The summed E-state index contributed by atoms with van der Waals surface area (Å²) in [5, 5.41) is 9.28. The summed E-state index contributed by atoms with van der Waals surface area (Å²) >= 11 is 0. The molecule has 2 aliphatic carbocycles. The summed E-state index contributed by atoms with van der Waals surface area (Å²) in [7, 11) is 0. The van der Waals surface area contributed by atoms with E-state index in [4.69, 9.17) is 0 Å². The first kappa shape index (κ1) is 20.5. The Morgan fingerprint density at radius 2 is 1.80 bits per heavy atom. The van der Waals surface area contributed by atoms with Crippen molar-refractivity contribution >= 4 is 17.5 Å². The van der Waals surface area contributed by atoms with Crippen molar-refractivity contribution in [1.29, 1.82) is 0 Å². The average molecular weight is 406 g/mol. The van der Waals surface area contributed by atoms with Gasteiger partial charge in [-0.05, 0) is 86.8 Å². The Morgan fingerprint density at radius 1 is 1.03 bits per heavy atom. The minimum absolute atomic E-state index is 0.0386. The van der Waals surface area contributed by atoms with Crippen LogP contribution in [0.2, 0.25) is 0 Å². The van der Waals surface area contributed by atoms with E-state index in [0.29, 0.717) is 11.6 Å². The number of anilines is 1. The summed E-state index contributed by atoms with van der Waals surface area (Å²) in [4.78, 5) is 24.8. The molecular weight excluding hydrogens is 374 g/mol. The minimum atomic E-state index is -0.0625. The third-order valence-corrected chi connectivity index (χ3v) is 6.10. The zero-order valence-corrected chi connectivity index (χ0v) is 17.9. The third-order valence-electron chi connectivity index (χ3n) is 6.10. The summed E-state index contributed by atoms with van der Waals surface area (Å²) in [6.45, 7) is 4.17. The molecule has 158 valence electrons. The van der Waals surface area contributed by atoms with E-state index in [1.54, 1.807) is 0 Å². The van der Waals surface area contributed by atoms with Crippen LogP contribution < -0.4 is 16.0 Å². The zero-order valence-electron chi connectivity index (χ0n) is 17.9. The normalized spacial score (nSPS) is 16.3. The van der Waals surface area contributed by atoms with Crippen molar-refractivity contribution in [3.05, 3.63) is 64.2 Å². The zero-order chi connectivity index (χ0) is 21.1. The lowest BCUT2D eigenvalue weighted by Crippen LogP contribution is -2.32. The van der Waals surface area contributed by atoms with Crippen molar-refractivity contribution in [2.45, 2.75) is 64.5 Å². The van der Waals surface area contributed by atoms with Gasteiger partial charge in [0.25, 0.3) is 5.91 Å². The van der Waals surface area contributed by atoms with Crippen LogP contribution in [-0.4, -0.2) is 24.4 Å². The predicted molar refractivity (Wildman–Crippen MR) is 120 cm³/mol. The first-order valence-corrected chi connectivity index (χ1v) is 11.1. The van der Waals surface area contributed by atoms with E-state index >= 15 is 0 Å². The van der Waals surface area contributed by atoms with Crippen LogP contribution in [0.1, 0.15) is 71.3 Å². The molecule has 0 heterocycles. The molecule has 0 bridgehead atoms. The van der Waals surface area contributed by atoms with E-state index in [-0.39, 0.29) is 24.4 Å². The highest BCUT2D eigenvalue weighted by Crippen LogP contribution is 2.25. The monoisotopic (exact) mass is 405 g/mol. The maximum Gasteiger partial charge on any atom is 0.251 e.